The first-order valence-electron chi connectivity index (χ1n) is 13.0. The molecule has 1 aliphatic rings. The Balaban J connectivity index is 1.39. The van der Waals surface area contributed by atoms with Gasteiger partial charge >= 0.3 is 0 Å². The summed E-state index contributed by atoms with van der Waals surface area (Å²) in [6.45, 7) is 6.59. The van der Waals surface area contributed by atoms with Gasteiger partial charge in [-0.25, -0.2) is 4.68 Å². The molecule has 0 bridgehead atoms. The van der Waals surface area contributed by atoms with Crippen molar-refractivity contribution in [1.82, 2.24) is 35.0 Å². The van der Waals surface area contributed by atoms with Gasteiger partial charge < -0.3 is 14.3 Å². The number of tetrazole rings is 1. The molecule has 6 rings (SSSR count). The van der Waals surface area contributed by atoms with Gasteiger partial charge in [-0.15, -0.1) is 5.10 Å². The van der Waals surface area contributed by atoms with Crippen LogP contribution >= 0.6 is 0 Å². The Kier molecular flexibility index (Phi) is 6.54. The van der Waals surface area contributed by atoms with Crippen LogP contribution in [0.15, 0.2) is 76.1 Å². The molecular formula is C29H29N7O3. The maximum atomic E-state index is 13.6. The Labute approximate surface area is 224 Å². The summed E-state index contributed by atoms with van der Waals surface area (Å²) in [6.07, 6.45) is 1.50. The molecule has 0 radical (unpaired) electrons. The summed E-state index contributed by atoms with van der Waals surface area (Å²) in [5.74, 6) is 0.766. The van der Waals surface area contributed by atoms with Crippen molar-refractivity contribution in [1.29, 1.82) is 0 Å². The van der Waals surface area contributed by atoms with E-state index >= 15 is 0 Å². The minimum Gasteiger partial charge on any atom is -0.459 e. The summed E-state index contributed by atoms with van der Waals surface area (Å²) in [4.78, 5) is 33.5. The Morgan fingerprint density at radius 3 is 2.56 bits per heavy atom. The lowest BCUT2D eigenvalue weighted by molar-refractivity contribution is 0.0558. The zero-order valence-electron chi connectivity index (χ0n) is 21.9. The maximum Gasteiger partial charge on any atom is 0.289 e. The number of nitrogens with zero attached hydrogens (tertiary/aromatic N) is 6. The summed E-state index contributed by atoms with van der Waals surface area (Å²) in [5, 5.41) is 13.7. The molecule has 1 unspecified atom stereocenters. The Hall–Kier alpha value is -4.57. The van der Waals surface area contributed by atoms with E-state index in [-0.39, 0.29) is 11.5 Å². The van der Waals surface area contributed by atoms with Crippen molar-refractivity contribution in [2.75, 3.05) is 26.2 Å². The Morgan fingerprint density at radius 2 is 1.82 bits per heavy atom. The first-order valence-corrected chi connectivity index (χ1v) is 13.0. The number of hydrogen-bond donors (Lipinski definition) is 1. The van der Waals surface area contributed by atoms with Crippen LogP contribution in [-0.4, -0.2) is 67.1 Å². The van der Waals surface area contributed by atoms with E-state index in [1.165, 1.54) is 6.26 Å². The normalized spacial score (nSPS) is 15.1. The van der Waals surface area contributed by atoms with Gasteiger partial charge in [-0.2, -0.15) is 0 Å². The van der Waals surface area contributed by atoms with E-state index in [0.29, 0.717) is 49.9 Å². The molecule has 198 valence electrons. The van der Waals surface area contributed by atoms with Crippen LogP contribution in [0.3, 0.4) is 0 Å². The highest BCUT2D eigenvalue weighted by molar-refractivity contribution is 5.91. The molecule has 4 heterocycles. The lowest BCUT2D eigenvalue weighted by Crippen LogP contribution is -2.50. The molecule has 0 aliphatic carbocycles. The number of carbonyl (C=O) groups excluding carboxylic acids is 1. The van der Waals surface area contributed by atoms with Crippen LogP contribution in [0.25, 0.3) is 10.9 Å². The fraction of sp³-hybridized carbons (Fsp3) is 0.276. The van der Waals surface area contributed by atoms with Crippen molar-refractivity contribution in [2.45, 2.75) is 26.4 Å². The Morgan fingerprint density at radius 1 is 1.03 bits per heavy atom. The summed E-state index contributed by atoms with van der Waals surface area (Å²) in [5.41, 5.74) is 4.42. The third-order valence-electron chi connectivity index (χ3n) is 7.31. The third kappa shape index (κ3) is 4.86. The minimum absolute atomic E-state index is 0.139. The SMILES string of the molecule is Cc1cc(C)c2cc(C(c3nnnn3Cc3ccccc3)N3CCN(C(=O)c4ccco4)CC3)c(=O)[nH]c2c1. The van der Waals surface area contributed by atoms with Crippen LogP contribution in [-0.2, 0) is 6.54 Å². The number of aromatic nitrogens is 5. The summed E-state index contributed by atoms with van der Waals surface area (Å²) in [6, 6.07) is 18.9. The van der Waals surface area contributed by atoms with Crippen molar-refractivity contribution < 1.29 is 9.21 Å². The molecule has 2 aromatic carbocycles. The van der Waals surface area contributed by atoms with Gasteiger partial charge in [-0.3, -0.25) is 14.5 Å². The molecule has 1 saturated heterocycles. The van der Waals surface area contributed by atoms with E-state index in [1.807, 2.05) is 56.3 Å². The lowest BCUT2D eigenvalue weighted by Gasteiger charge is -2.38. The minimum atomic E-state index is -0.501. The molecule has 1 amide bonds. The molecule has 39 heavy (non-hydrogen) atoms. The quantitative estimate of drug-likeness (QED) is 0.363. The predicted molar refractivity (Wildman–Crippen MR) is 145 cm³/mol. The molecule has 10 heteroatoms. The topological polar surface area (TPSA) is 113 Å². The summed E-state index contributed by atoms with van der Waals surface area (Å²) < 4.78 is 7.08. The number of hydrogen-bond acceptors (Lipinski definition) is 7. The fourth-order valence-electron chi connectivity index (χ4n) is 5.41. The zero-order valence-corrected chi connectivity index (χ0v) is 21.9. The van der Waals surface area contributed by atoms with E-state index in [0.717, 1.165) is 27.6 Å². The highest BCUT2D eigenvalue weighted by Crippen LogP contribution is 2.29. The molecular weight excluding hydrogens is 494 g/mol. The second-order valence-corrected chi connectivity index (χ2v) is 9.99. The average molecular weight is 524 g/mol. The lowest BCUT2D eigenvalue weighted by atomic mass is 9.99. The molecule has 1 N–H and O–H groups in total. The number of rotatable bonds is 6. The first-order chi connectivity index (χ1) is 19.0. The molecule has 3 aromatic heterocycles. The largest absolute Gasteiger partial charge is 0.459 e. The van der Waals surface area contributed by atoms with E-state index in [2.05, 4.69) is 31.5 Å². The average Bonchev–Trinajstić information content (AvgIpc) is 3.63. The maximum absolute atomic E-state index is 13.6. The van der Waals surface area contributed by atoms with Gasteiger partial charge in [0.25, 0.3) is 11.5 Å². The van der Waals surface area contributed by atoms with Gasteiger partial charge in [0.05, 0.1) is 12.8 Å². The number of furan rings is 1. The van der Waals surface area contributed by atoms with Gasteiger partial charge in [0, 0.05) is 42.6 Å². The van der Waals surface area contributed by atoms with Gasteiger partial charge in [0.1, 0.15) is 6.04 Å². The molecule has 1 atom stereocenters. The van der Waals surface area contributed by atoms with E-state index < -0.39 is 6.04 Å². The number of amides is 1. The molecule has 0 saturated carbocycles. The van der Waals surface area contributed by atoms with E-state index in [9.17, 15) is 9.59 Å². The highest BCUT2D eigenvalue weighted by atomic mass is 16.3. The van der Waals surface area contributed by atoms with Crippen LogP contribution in [0.5, 0.6) is 0 Å². The van der Waals surface area contributed by atoms with Crippen LogP contribution in [0, 0.1) is 13.8 Å². The van der Waals surface area contributed by atoms with E-state index in [4.69, 9.17) is 4.42 Å². The van der Waals surface area contributed by atoms with Gasteiger partial charge in [-0.05, 0) is 65.2 Å². The Bertz CT molecular complexity index is 1670. The van der Waals surface area contributed by atoms with Gasteiger partial charge in [0.2, 0.25) is 0 Å². The monoisotopic (exact) mass is 523 g/mol. The summed E-state index contributed by atoms with van der Waals surface area (Å²) in [7, 11) is 0. The number of fused-ring (bicyclic) bond motifs is 1. The highest BCUT2D eigenvalue weighted by Gasteiger charge is 2.34. The van der Waals surface area contributed by atoms with Crippen molar-refractivity contribution in [2.24, 2.45) is 0 Å². The smallest absolute Gasteiger partial charge is 0.289 e. The number of aryl methyl sites for hydroxylation is 2. The second kappa shape index (κ2) is 10.3. The first kappa shape index (κ1) is 24.7. The molecule has 10 nitrogen and oxygen atoms in total. The zero-order chi connectivity index (χ0) is 26.9. The van der Waals surface area contributed by atoms with Crippen molar-refractivity contribution in [3.8, 4) is 0 Å². The number of nitrogens with one attached hydrogen (secondary N) is 1. The van der Waals surface area contributed by atoms with Crippen molar-refractivity contribution >= 4 is 16.8 Å². The van der Waals surface area contributed by atoms with Crippen molar-refractivity contribution in [3.05, 3.63) is 111 Å². The van der Waals surface area contributed by atoms with Crippen molar-refractivity contribution in [3.63, 3.8) is 0 Å². The second-order valence-electron chi connectivity index (χ2n) is 9.99. The number of benzene rings is 2. The predicted octanol–water partition coefficient (Wildman–Crippen LogP) is 3.32. The van der Waals surface area contributed by atoms with Crippen LogP contribution < -0.4 is 5.56 Å². The van der Waals surface area contributed by atoms with Gasteiger partial charge in [0.15, 0.2) is 11.6 Å². The van der Waals surface area contributed by atoms with Crippen LogP contribution in [0.4, 0.5) is 0 Å². The number of aromatic amines is 1. The number of pyridine rings is 1. The number of carbonyl (C=O) groups is 1. The molecule has 0 spiro atoms. The molecule has 1 aliphatic heterocycles. The molecule has 5 aromatic rings. The summed E-state index contributed by atoms with van der Waals surface area (Å²) >= 11 is 0. The van der Waals surface area contributed by atoms with Crippen LogP contribution in [0.2, 0.25) is 0 Å². The standard InChI is InChI=1S/C29H29N7O3/c1-19-15-20(2)22-17-23(28(37)30-24(22)16-19)26(27-31-32-33-36(27)18-21-7-4-3-5-8-21)34-10-12-35(13-11-34)29(38)25-9-6-14-39-25/h3-9,14-17,26H,10-13,18H2,1-2H3,(H,30,37). The van der Waals surface area contributed by atoms with Crippen LogP contribution in [0.1, 0.15) is 44.7 Å². The third-order valence-corrected chi connectivity index (χ3v) is 7.31. The number of piperazine rings is 1. The number of H-pyrrole nitrogens is 1. The van der Waals surface area contributed by atoms with Gasteiger partial charge in [-0.1, -0.05) is 36.4 Å². The van der Waals surface area contributed by atoms with E-state index in [1.54, 1.807) is 21.7 Å². The fourth-order valence-corrected chi connectivity index (χ4v) is 5.41. The molecule has 1 fully saturated rings.